The van der Waals surface area contributed by atoms with Crippen molar-refractivity contribution in [2.24, 2.45) is 0 Å². The number of amides is 2. The highest BCUT2D eigenvalue weighted by atomic mass is 79.9. The molecule has 10 heteroatoms. The fourth-order valence-electron chi connectivity index (χ4n) is 2.96. The van der Waals surface area contributed by atoms with Crippen LogP contribution in [-0.4, -0.2) is 32.3 Å². The van der Waals surface area contributed by atoms with Crippen LogP contribution in [0.2, 0.25) is 5.02 Å². The number of aromatic nitrogens is 3. The van der Waals surface area contributed by atoms with Gasteiger partial charge in [-0.15, -0.1) is 16.8 Å². The van der Waals surface area contributed by atoms with Gasteiger partial charge in [0.15, 0.2) is 11.0 Å². The maximum absolute atomic E-state index is 12.5. The van der Waals surface area contributed by atoms with E-state index in [1.54, 1.807) is 30.3 Å². The molecular formula is C23H23BrClN5O2S. The summed E-state index contributed by atoms with van der Waals surface area (Å²) in [6.07, 6.45) is 1.71. The number of aryl methyl sites for hydroxylation is 2. The number of hydrogen-bond donors (Lipinski definition) is 2. The number of hydrogen-bond acceptors (Lipinski definition) is 5. The van der Waals surface area contributed by atoms with Gasteiger partial charge in [-0.3, -0.25) is 9.59 Å². The quantitative estimate of drug-likeness (QED) is 0.285. The number of anilines is 1. The third kappa shape index (κ3) is 6.46. The van der Waals surface area contributed by atoms with Crippen molar-refractivity contribution in [3.8, 4) is 0 Å². The molecule has 3 aromatic rings. The number of benzene rings is 2. The van der Waals surface area contributed by atoms with Gasteiger partial charge in [0.05, 0.1) is 28.6 Å². The van der Waals surface area contributed by atoms with Crippen LogP contribution in [0.4, 0.5) is 5.69 Å². The number of rotatable bonds is 9. The number of carbonyl (C=O) groups excluding carboxylic acids is 2. The van der Waals surface area contributed by atoms with Crippen LogP contribution in [-0.2, 0) is 17.9 Å². The second-order valence-electron chi connectivity index (χ2n) is 7.21. The molecule has 2 N–H and O–H groups in total. The second-order valence-corrected chi connectivity index (χ2v) is 9.42. The van der Waals surface area contributed by atoms with Crippen molar-refractivity contribution in [3.05, 3.63) is 81.1 Å². The minimum absolute atomic E-state index is 0.153. The summed E-state index contributed by atoms with van der Waals surface area (Å²) in [6.45, 7) is 8.39. The van der Waals surface area contributed by atoms with Crippen molar-refractivity contribution in [2.75, 3.05) is 11.1 Å². The summed E-state index contributed by atoms with van der Waals surface area (Å²) in [4.78, 5) is 25.0. The molecule has 7 nitrogen and oxygen atoms in total. The molecule has 3 rings (SSSR count). The SMILES string of the molecule is C=CCn1c(CNC(=O)c2ccccc2Cl)nnc1SCC(=O)Nc1cc(C)c(C)cc1Br. The average molecular weight is 549 g/mol. The van der Waals surface area contributed by atoms with Crippen molar-refractivity contribution in [1.29, 1.82) is 0 Å². The van der Waals surface area contributed by atoms with E-state index in [-0.39, 0.29) is 24.1 Å². The highest BCUT2D eigenvalue weighted by molar-refractivity contribution is 9.10. The molecule has 0 bridgehead atoms. The first-order chi connectivity index (χ1) is 15.8. The Morgan fingerprint density at radius 2 is 1.94 bits per heavy atom. The molecule has 0 aliphatic carbocycles. The third-order valence-electron chi connectivity index (χ3n) is 4.82. The number of nitrogens with zero attached hydrogens (tertiary/aromatic N) is 3. The van der Waals surface area contributed by atoms with Gasteiger partial charge < -0.3 is 15.2 Å². The largest absolute Gasteiger partial charge is 0.345 e. The Labute approximate surface area is 210 Å². The summed E-state index contributed by atoms with van der Waals surface area (Å²) < 4.78 is 2.64. The molecule has 0 aliphatic rings. The van der Waals surface area contributed by atoms with Gasteiger partial charge in [0.25, 0.3) is 5.91 Å². The average Bonchev–Trinajstić information content (AvgIpc) is 3.16. The maximum atomic E-state index is 12.5. The van der Waals surface area contributed by atoms with Crippen molar-refractivity contribution in [3.63, 3.8) is 0 Å². The minimum Gasteiger partial charge on any atom is -0.345 e. The van der Waals surface area contributed by atoms with Gasteiger partial charge >= 0.3 is 0 Å². The molecule has 1 aromatic heterocycles. The van der Waals surface area contributed by atoms with Gasteiger partial charge in [0.1, 0.15) is 0 Å². The topological polar surface area (TPSA) is 88.9 Å². The van der Waals surface area contributed by atoms with E-state index in [0.29, 0.717) is 28.1 Å². The van der Waals surface area contributed by atoms with Crippen LogP contribution >= 0.6 is 39.3 Å². The Morgan fingerprint density at radius 1 is 1.21 bits per heavy atom. The van der Waals surface area contributed by atoms with E-state index < -0.39 is 0 Å². The Bertz CT molecular complexity index is 1200. The fourth-order valence-corrected chi connectivity index (χ4v) is 4.51. The second kappa shape index (κ2) is 11.5. The molecule has 172 valence electrons. The smallest absolute Gasteiger partial charge is 0.253 e. The lowest BCUT2D eigenvalue weighted by Crippen LogP contribution is -2.25. The van der Waals surface area contributed by atoms with E-state index in [1.165, 1.54) is 11.8 Å². The molecule has 0 fully saturated rings. The van der Waals surface area contributed by atoms with Crippen LogP contribution in [0, 0.1) is 13.8 Å². The first-order valence-corrected chi connectivity index (χ1v) is 12.2. The van der Waals surface area contributed by atoms with Gasteiger partial charge in [-0.1, -0.05) is 41.6 Å². The maximum Gasteiger partial charge on any atom is 0.253 e. The van der Waals surface area contributed by atoms with Gasteiger partial charge in [0, 0.05) is 11.0 Å². The van der Waals surface area contributed by atoms with E-state index in [2.05, 4.69) is 43.3 Å². The van der Waals surface area contributed by atoms with Crippen LogP contribution in [0.3, 0.4) is 0 Å². The molecule has 2 aromatic carbocycles. The molecule has 0 spiro atoms. The lowest BCUT2D eigenvalue weighted by Gasteiger charge is -2.11. The highest BCUT2D eigenvalue weighted by Gasteiger charge is 2.16. The van der Waals surface area contributed by atoms with E-state index in [1.807, 2.05) is 30.5 Å². The first-order valence-electron chi connectivity index (χ1n) is 10.0. The Kier molecular flexibility index (Phi) is 8.71. The normalized spacial score (nSPS) is 10.7. The summed E-state index contributed by atoms with van der Waals surface area (Å²) >= 11 is 10.8. The first kappa shape index (κ1) is 25.0. The number of allylic oxidation sites excluding steroid dienone is 1. The molecule has 0 atom stereocenters. The number of thioether (sulfide) groups is 1. The summed E-state index contributed by atoms with van der Waals surface area (Å²) in [6, 6.07) is 10.7. The lowest BCUT2D eigenvalue weighted by atomic mass is 10.1. The van der Waals surface area contributed by atoms with Crippen LogP contribution < -0.4 is 10.6 Å². The van der Waals surface area contributed by atoms with Crippen molar-refractivity contribution in [2.45, 2.75) is 32.1 Å². The summed E-state index contributed by atoms with van der Waals surface area (Å²) in [5, 5.41) is 15.0. The number of nitrogens with one attached hydrogen (secondary N) is 2. The van der Waals surface area contributed by atoms with E-state index in [0.717, 1.165) is 21.3 Å². The lowest BCUT2D eigenvalue weighted by molar-refractivity contribution is -0.113. The third-order valence-corrected chi connectivity index (χ3v) is 6.77. The molecule has 0 saturated heterocycles. The summed E-state index contributed by atoms with van der Waals surface area (Å²) in [5.74, 6) is 0.239. The molecule has 0 aliphatic heterocycles. The predicted molar refractivity (Wildman–Crippen MR) is 136 cm³/mol. The van der Waals surface area contributed by atoms with Crippen LogP contribution in [0.5, 0.6) is 0 Å². The van der Waals surface area contributed by atoms with Crippen molar-refractivity contribution in [1.82, 2.24) is 20.1 Å². The molecule has 0 saturated carbocycles. The van der Waals surface area contributed by atoms with E-state index >= 15 is 0 Å². The zero-order valence-electron chi connectivity index (χ0n) is 18.2. The standard InChI is InChI=1S/C23H23BrClN5O2S/c1-4-9-30-20(12-26-22(32)16-7-5-6-8-18(16)25)28-29-23(30)33-13-21(31)27-19-11-15(3)14(2)10-17(19)24/h4-8,10-11H,1,9,12-13H2,2-3H3,(H,26,32)(H,27,31). The Hall–Kier alpha value is -2.62. The summed E-state index contributed by atoms with van der Waals surface area (Å²) in [7, 11) is 0. The van der Waals surface area contributed by atoms with Gasteiger partial charge in [-0.05, 0) is 65.2 Å². The van der Waals surface area contributed by atoms with E-state index in [9.17, 15) is 9.59 Å². The fraction of sp³-hybridized carbons (Fsp3) is 0.217. The minimum atomic E-state index is -0.304. The molecule has 33 heavy (non-hydrogen) atoms. The van der Waals surface area contributed by atoms with Crippen molar-refractivity contribution >= 4 is 56.8 Å². The number of carbonyl (C=O) groups is 2. The van der Waals surface area contributed by atoms with Gasteiger partial charge in [-0.2, -0.15) is 0 Å². The molecule has 1 heterocycles. The van der Waals surface area contributed by atoms with Crippen LogP contribution in [0.1, 0.15) is 27.3 Å². The highest BCUT2D eigenvalue weighted by Crippen LogP contribution is 2.27. The van der Waals surface area contributed by atoms with Crippen molar-refractivity contribution < 1.29 is 9.59 Å². The van der Waals surface area contributed by atoms with Crippen LogP contribution in [0.15, 0.2) is 58.7 Å². The molecule has 0 radical (unpaired) electrons. The zero-order valence-corrected chi connectivity index (χ0v) is 21.4. The Balaban J connectivity index is 1.64. The molecule has 2 amide bonds. The van der Waals surface area contributed by atoms with Gasteiger partial charge in [-0.25, -0.2) is 0 Å². The molecular weight excluding hydrogens is 526 g/mol. The molecule has 0 unspecified atom stereocenters. The van der Waals surface area contributed by atoms with Crippen LogP contribution in [0.25, 0.3) is 0 Å². The monoisotopic (exact) mass is 547 g/mol. The van der Waals surface area contributed by atoms with Gasteiger partial charge in [0.2, 0.25) is 5.91 Å². The Morgan fingerprint density at radius 3 is 2.67 bits per heavy atom. The zero-order chi connectivity index (χ0) is 24.0. The summed E-state index contributed by atoms with van der Waals surface area (Å²) in [5.41, 5.74) is 3.34. The van der Waals surface area contributed by atoms with E-state index in [4.69, 9.17) is 11.6 Å². The predicted octanol–water partition coefficient (Wildman–Crippen LogP) is 5.16. The number of halogens is 2.